The van der Waals surface area contributed by atoms with Gasteiger partial charge in [0.15, 0.2) is 5.82 Å². The molecule has 0 fully saturated rings. The molecule has 16 heavy (non-hydrogen) atoms. The summed E-state index contributed by atoms with van der Waals surface area (Å²) in [7, 11) is 0. The Bertz CT molecular complexity index is 518. The van der Waals surface area contributed by atoms with Crippen molar-refractivity contribution in [3.05, 3.63) is 41.0 Å². The topological polar surface area (TPSA) is 74.7 Å². The van der Waals surface area contributed by atoms with Crippen LogP contribution >= 0.6 is 11.6 Å². The second-order valence-electron chi connectivity index (χ2n) is 2.98. The van der Waals surface area contributed by atoms with Gasteiger partial charge in [0.1, 0.15) is 6.07 Å². The van der Waals surface area contributed by atoms with E-state index in [2.05, 4.69) is 20.0 Å². The molecule has 80 valence electrons. The third-order valence-corrected chi connectivity index (χ3v) is 2.28. The molecule has 0 amide bonds. The molecule has 6 heteroatoms. The molecule has 0 aliphatic carbocycles. The Kier molecular flexibility index (Phi) is 3.03. The Balaban J connectivity index is 2.16. The molecule has 0 saturated heterocycles. The molecule has 5 nitrogen and oxygen atoms in total. The Morgan fingerprint density at radius 1 is 1.50 bits per heavy atom. The Morgan fingerprint density at radius 2 is 2.38 bits per heavy atom. The van der Waals surface area contributed by atoms with Crippen LogP contribution in [0.1, 0.15) is 11.4 Å². The van der Waals surface area contributed by atoms with Crippen molar-refractivity contribution in [2.45, 2.75) is 6.54 Å². The molecule has 2 rings (SSSR count). The molecule has 0 bridgehead atoms. The van der Waals surface area contributed by atoms with Gasteiger partial charge in [0.25, 0.3) is 0 Å². The molecule has 0 saturated carbocycles. The summed E-state index contributed by atoms with van der Waals surface area (Å²) in [5.41, 5.74) is 1.06. The minimum absolute atomic E-state index is 0.380. The highest BCUT2D eigenvalue weighted by molar-refractivity contribution is 6.32. The zero-order valence-electron chi connectivity index (χ0n) is 8.14. The fourth-order valence-corrected chi connectivity index (χ4v) is 1.45. The quantitative estimate of drug-likeness (QED) is 0.881. The summed E-state index contributed by atoms with van der Waals surface area (Å²) in [6.07, 6.45) is 1.25. The van der Waals surface area contributed by atoms with Gasteiger partial charge in [-0.25, -0.2) is 0 Å². The first-order valence-electron chi connectivity index (χ1n) is 4.49. The maximum Gasteiger partial charge on any atom is 0.213 e. The molecule has 1 aromatic heterocycles. The van der Waals surface area contributed by atoms with E-state index in [4.69, 9.17) is 16.9 Å². The Labute approximate surface area is 96.6 Å². The van der Waals surface area contributed by atoms with Gasteiger partial charge < -0.3 is 9.84 Å². The van der Waals surface area contributed by atoms with Gasteiger partial charge in [-0.3, -0.25) is 0 Å². The number of halogens is 1. The number of hydrogen-bond acceptors (Lipinski definition) is 5. The van der Waals surface area contributed by atoms with E-state index in [1.807, 2.05) is 6.07 Å². The summed E-state index contributed by atoms with van der Waals surface area (Å²) >= 11 is 5.88. The van der Waals surface area contributed by atoms with Crippen molar-refractivity contribution in [1.82, 2.24) is 10.1 Å². The Hall–Kier alpha value is -2.06. The van der Waals surface area contributed by atoms with Crippen LogP contribution in [0.3, 0.4) is 0 Å². The highest BCUT2D eigenvalue weighted by Crippen LogP contribution is 2.23. The van der Waals surface area contributed by atoms with Gasteiger partial charge in [-0.05, 0) is 12.1 Å². The molecular formula is C10H7ClN4O. The van der Waals surface area contributed by atoms with E-state index in [-0.39, 0.29) is 0 Å². The van der Waals surface area contributed by atoms with Crippen LogP contribution in [0.25, 0.3) is 0 Å². The lowest BCUT2D eigenvalue weighted by atomic mass is 10.2. The maximum absolute atomic E-state index is 8.93. The van der Waals surface area contributed by atoms with Gasteiger partial charge in [-0.15, -0.1) is 0 Å². The predicted molar refractivity (Wildman–Crippen MR) is 57.8 cm³/mol. The molecule has 1 aromatic carbocycles. The van der Waals surface area contributed by atoms with Crippen molar-refractivity contribution >= 4 is 17.3 Å². The molecule has 0 radical (unpaired) electrons. The van der Waals surface area contributed by atoms with E-state index in [1.54, 1.807) is 18.2 Å². The van der Waals surface area contributed by atoms with E-state index >= 15 is 0 Å². The molecule has 1 N–H and O–H groups in total. The van der Waals surface area contributed by atoms with Crippen LogP contribution in [0, 0.1) is 11.3 Å². The van der Waals surface area contributed by atoms with Crippen LogP contribution in [-0.2, 0) is 6.54 Å². The normalized spacial score (nSPS) is 9.75. The van der Waals surface area contributed by atoms with Gasteiger partial charge in [0.05, 0.1) is 22.8 Å². The zero-order chi connectivity index (χ0) is 11.4. The van der Waals surface area contributed by atoms with Crippen molar-refractivity contribution in [3.63, 3.8) is 0 Å². The van der Waals surface area contributed by atoms with Gasteiger partial charge >= 0.3 is 0 Å². The summed E-state index contributed by atoms with van der Waals surface area (Å²) in [6, 6.07) is 7.24. The summed E-state index contributed by atoms with van der Waals surface area (Å²) in [5, 5.41) is 16.0. The lowest BCUT2D eigenvalue weighted by Crippen LogP contribution is -2.02. The number of nitrogens with one attached hydrogen (secondary N) is 1. The smallest absolute Gasteiger partial charge is 0.213 e. The largest absolute Gasteiger partial charge is 0.376 e. The van der Waals surface area contributed by atoms with Gasteiger partial charge in [-0.2, -0.15) is 10.2 Å². The number of benzene rings is 1. The van der Waals surface area contributed by atoms with Crippen molar-refractivity contribution in [3.8, 4) is 6.07 Å². The fraction of sp³-hybridized carbons (Fsp3) is 0.100. The highest BCUT2D eigenvalue weighted by atomic mass is 35.5. The third-order valence-electron chi connectivity index (χ3n) is 1.97. The summed E-state index contributed by atoms with van der Waals surface area (Å²) < 4.78 is 4.59. The summed E-state index contributed by atoms with van der Waals surface area (Å²) in [4.78, 5) is 3.85. The second-order valence-corrected chi connectivity index (χ2v) is 3.38. The van der Waals surface area contributed by atoms with E-state index < -0.39 is 0 Å². The van der Waals surface area contributed by atoms with E-state index in [0.29, 0.717) is 28.6 Å². The van der Waals surface area contributed by atoms with E-state index in [9.17, 15) is 0 Å². The molecule has 0 atom stereocenters. The van der Waals surface area contributed by atoms with Crippen molar-refractivity contribution in [2.24, 2.45) is 0 Å². The molecular weight excluding hydrogens is 228 g/mol. The van der Waals surface area contributed by atoms with Crippen LogP contribution in [0.4, 0.5) is 5.69 Å². The van der Waals surface area contributed by atoms with Crippen LogP contribution < -0.4 is 5.32 Å². The zero-order valence-corrected chi connectivity index (χ0v) is 8.90. The predicted octanol–water partition coefficient (Wildman–Crippen LogP) is 2.21. The second kappa shape index (κ2) is 4.64. The monoisotopic (exact) mass is 234 g/mol. The van der Waals surface area contributed by atoms with Crippen molar-refractivity contribution < 1.29 is 4.52 Å². The standard InChI is InChI=1S/C10H7ClN4O/c11-8-2-1-3-9(7(8)4-12)13-5-10-14-6-16-15-10/h1-3,6,13H,5H2. The average Bonchev–Trinajstić information content (AvgIpc) is 2.79. The number of aromatic nitrogens is 2. The average molecular weight is 235 g/mol. The first-order chi connectivity index (χ1) is 7.81. The lowest BCUT2D eigenvalue weighted by molar-refractivity contribution is 0.411. The summed E-state index contributed by atoms with van der Waals surface area (Å²) in [5.74, 6) is 0.517. The number of nitrogens with zero attached hydrogens (tertiary/aromatic N) is 3. The van der Waals surface area contributed by atoms with Crippen LogP contribution in [-0.4, -0.2) is 10.1 Å². The summed E-state index contributed by atoms with van der Waals surface area (Å²) in [6.45, 7) is 0.380. The minimum Gasteiger partial charge on any atom is -0.376 e. The van der Waals surface area contributed by atoms with Gasteiger partial charge in [0, 0.05) is 0 Å². The van der Waals surface area contributed by atoms with Crippen molar-refractivity contribution in [2.75, 3.05) is 5.32 Å². The first kappa shape index (κ1) is 10.5. The van der Waals surface area contributed by atoms with E-state index in [0.717, 1.165) is 0 Å². The van der Waals surface area contributed by atoms with Crippen LogP contribution in [0.15, 0.2) is 29.1 Å². The minimum atomic E-state index is 0.380. The molecule has 0 aliphatic heterocycles. The van der Waals surface area contributed by atoms with Gasteiger partial charge in [0.2, 0.25) is 6.39 Å². The highest BCUT2D eigenvalue weighted by Gasteiger charge is 2.06. The Morgan fingerprint density at radius 3 is 3.06 bits per heavy atom. The third kappa shape index (κ3) is 2.12. The number of rotatable bonds is 3. The molecule has 0 spiro atoms. The van der Waals surface area contributed by atoms with Crippen molar-refractivity contribution in [1.29, 1.82) is 5.26 Å². The lowest BCUT2D eigenvalue weighted by Gasteiger charge is -2.06. The molecule has 0 aliphatic rings. The fourth-order valence-electron chi connectivity index (χ4n) is 1.23. The molecule has 1 heterocycles. The first-order valence-corrected chi connectivity index (χ1v) is 4.87. The van der Waals surface area contributed by atoms with Crippen LogP contribution in [0.2, 0.25) is 5.02 Å². The number of nitriles is 1. The van der Waals surface area contributed by atoms with E-state index in [1.165, 1.54) is 6.39 Å². The number of hydrogen-bond donors (Lipinski definition) is 1. The molecule has 2 aromatic rings. The number of anilines is 1. The van der Waals surface area contributed by atoms with Gasteiger partial charge in [-0.1, -0.05) is 22.8 Å². The molecule has 0 unspecified atom stereocenters. The SMILES string of the molecule is N#Cc1c(Cl)cccc1NCc1ncon1. The van der Waals surface area contributed by atoms with Crippen LogP contribution in [0.5, 0.6) is 0 Å². The maximum atomic E-state index is 8.93.